The molecule has 0 atom stereocenters. The van der Waals surface area contributed by atoms with Gasteiger partial charge in [0.2, 0.25) is 5.91 Å². The lowest BCUT2D eigenvalue weighted by Crippen LogP contribution is -2.47. The fourth-order valence-corrected chi connectivity index (χ4v) is 3.39. The van der Waals surface area contributed by atoms with Crippen molar-refractivity contribution < 1.29 is 14.0 Å². The van der Waals surface area contributed by atoms with Crippen LogP contribution < -0.4 is 10.6 Å². The Labute approximate surface area is 174 Å². The van der Waals surface area contributed by atoms with E-state index in [4.69, 9.17) is 4.42 Å². The normalized spacial score (nSPS) is 15.0. The van der Waals surface area contributed by atoms with Crippen molar-refractivity contribution in [2.45, 2.75) is 32.9 Å². The molecule has 4 rings (SSSR count). The first-order valence-electron chi connectivity index (χ1n) is 9.74. The molecule has 3 aromatic rings. The van der Waals surface area contributed by atoms with Crippen LogP contribution in [0.5, 0.6) is 0 Å². The highest BCUT2D eigenvalue weighted by molar-refractivity contribution is 6.04. The van der Waals surface area contributed by atoms with Crippen molar-refractivity contribution in [2.24, 2.45) is 0 Å². The SMILES string of the molecule is Cc1c(CN(C)C(=O)/C=C/c2cnc3c(c2)NC(C)(C)C(=O)N3)oc2ccccc12. The molecule has 30 heavy (non-hydrogen) atoms. The third-order valence-electron chi connectivity index (χ3n) is 5.27. The first-order valence-corrected chi connectivity index (χ1v) is 9.74. The second kappa shape index (κ2) is 7.33. The quantitative estimate of drug-likeness (QED) is 0.643. The van der Waals surface area contributed by atoms with E-state index < -0.39 is 5.54 Å². The summed E-state index contributed by atoms with van der Waals surface area (Å²) >= 11 is 0. The number of nitrogens with one attached hydrogen (secondary N) is 2. The molecule has 0 unspecified atom stereocenters. The highest BCUT2D eigenvalue weighted by atomic mass is 16.3. The zero-order valence-corrected chi connectivity index (χ0v) is 17.4. The van der Waals surface area contributed by atoms with Crippen LogP contribution >= 0.6 is 0 Å². The van der Waals surface area contributed by atoms with Crippen LogP contribution in [0.25, 0.3) is 17.0 Å². The number of hydrogen-bond donors (Lipinski definition) is 2. The number of aryl methyl sites for hydroxylation is 1. The number of fused-ring (bicyclic) bond motifs is 2. The van der Waals surface area contributed by atoms with Crippen LogP contribution in [0.4, 0.5) is 11.5 Å². The van der Waals surface area contributed by atoms with E-state index in [1.165, 1.54) is 6.08 Å². The number of aromatic nitrogens is 1. The molecule has 2 aromatic heterocycles. The van der Waals surface area contributed by atoms with E-state index in [1.807, 2.05) is 37.3 Å². The molecule has 2 N–H and O–H groups in total. The highest BCUT2D eigenvalue weighted by Gasteiger charge is 2.33. The topological polar surface area (TPSA) is 87.5 Å². The van der Waals surface area contributed by atoms with Gasteiger partial charge in [-0.2, -0.15) is 0 Å². The van der Waals surface area contributed by atoms with E-state index in [9.17, 15) is 9.59 Å². The van der Waals surface area contributed by atoms with Crippen molar-refractivity contribution >= 4 is 40.4 Å². The maximum absolute atomic E-state index is 12.6. The molecule has 2 amide bonds. The summed E-state index contributed by atoms with van der Waals surface area (Å²) < 4.78 is 5.90. The van der Waals surface area contributed by atoms with Crippen LogP contribution in [0, 0.1) is 6.92 Å². The second-order valence-electron chi connectivity index (χ2n) is 8.04. The number of amides is 2. The molecule has 0 saturated carbocycles. The molecule has 0 radical (unpaired) electrons. The minimum atomic E-state index is -0.725. The maximum Gasteiger partial charge on any atom is 0.250 e. The van der Waals surface area contributed by atoms with E-state index in [1.54, 1.807) is 38.1 Å². The van der Waals surface area contributed by atoms with Crippen molar-refractivity contribution in [3.8, 4) is 0 Å². The van der Waals surface area contributed by atoms with Gasteiger partial charge in [0.15, 0.2) is 5.82 Å². The summed E-state index contributed by atoms with van der Waals surface area (Å²) in [5.74, 6) is 0.982. The summed E-state index contributed by atoms with van der Waals surface area (Å²) in [5, 5.41) is 7.02. The van der Waals surface area contributed by atoms with E-state index >= 15 is 0 Å². The molecule has 7 heteroatoms. The van der Waals surface area contributed by atoms with Gasteiger partial charge in [0.05, 0.1) is 12.2 Å². The van der Waals surface area contributed by atoms with Gasteiger partial charge in [0.25, 0.3) is 5.91 Å². The van der Waals surface area contributed by atoms with Crippen LogP contribution in [0.3, 0.4) is 0 Å². The Kier molecular flexibility index (Phi) is 4.81. The molecule has 0 spiro atoms. The third-order valence-corrected chi connectivity index (χ3v) is 5.27. The summed E-state index contributed by atoms with van der Waals surface area (Å²) in [5.41, 5.74) is 2.63. The van der Waals surface area contributed by atoms with Crippen LogP contribution in [-0.2, 0) is 16.1 Å². The Morgan fingerprint density at radius 1 is 1.30 bits per heavy atom. The molecule has 0 saturated heterocycles. The molecular weight excluding hydrogens is 380 g/mol. The summed E-state index contributed by atoms with van der Waals surface area (Å²) in [6.45, 7) is 5.98. The van der Waals surface area contributed by atoms with Gasteiger partial charge in [-0.15, -0.1) is 0 Å². The summed E-state index contributed by atoms with van der Waals surface area (Å²) in [7, 11) is 1.74. The monoisotopic (exact) mass is 404 g/mol. The van der Waals surface area contributed by atoms with Gasteiger partial charge < -0.3 is 20.0 Å². The first-order chi connectivity index (χ1) is 14.2. The van der Waals surface area contributed by atoms with Crippen molar-refractivity contribution in [2.75, 3.05) is 17.7 Å². The highest BCUT2D eigenvalue weighted by Crippen LogP contribution is 2.30. The largest absolute Gasteiger partial charge is 0.459 e. The first kappa shape index (κ1) is 19.7. The third kappa shape index (κ3) is 3.66. The number of benzene rings is 1. The van der Waals surface area contributed by atoms with Crippen LogP contribution in [0.2, 0.25) is 0 Å². The standard InChI is InChI=1S/C23H24N4O3/c1-14-16-7-5-6-8-18(16)30-19(14)13-27(4)20(28)10-9-15-11-17-21(24-12-15)25-22(29)23(2,3)26-17/h5-12,26H,13H2,1-4H3,(H,24,25,29)/b10-9+. The minimum absolute atomic E-state index is 0.136. The number of likely N-dealkylation sites (N-methyl/N-ethyl adjacent to an activating group) is 1. The molecule has 0 aliphatic carbocycles. The van der Waals surface area contributed by atoms with Gasteiger partial charge in [0, 0.05) is 30.3 Å². The van der Waals surface area contributed by atoms with Gasteiger partial charge in [-0.1, -0.05) is 18.2 Å². The Balaban J connectivity index is 1.47. The number of hydrogen-bond acceptors (Lipinski definition) is 5. The predicted molar refractivity (Wildman–Crippen MR) is 117 cm³/mol. The van der Waals surface area contributed by atoms with Crippen molar-refractivity contribution in [1.29, 1.82) is 0 Å². The number of para-hydroxylation sites is 1. The Bertz CT molecular complexity index is 1180. The summed E-state index contributed by atoms with van der Waals surface area (Å²) in [6.07, 6.45) is 4.84. The smallest absolute Gasteiger partial charge is 0.250 e. The molecule has 1 aliphatic rings. The van der Waals surface area contributed by atoms with Gasteiger partial charge >= 0.3 is 0 Å². The fraction of sp³-hybridized carbons (Fsp3) is 0.261. The molecule has 3 heterocycles. The molecule has 1 aromatic carbocycles. The molecule has 0 bridgehead atoms. The van der Waals surface area contributed by atoms with E-state index in [2.05, 4.69) is 15.6 Å². The lowest BCUT2D eigenvalue weighted by molar-refractivity contribution is -0.125. The lowest BCUT2D eigenvalue weighted by Gasteiger charge is -2.32. The van der Waals surface area contributed by atoms with E-state index in [0.29, 0.717) is 12.4 Å². The number of pyridine rings is 1. The zero-order valence-electron chi connectivity index (χ0n) is 17.4. The van der Waals surface area contributed by atoms with Crippen LogP contribution in [0.1, 0.15) is 30.7 Å². The number of rotatable bonds is 4. The van der Waals surface area contributed by atoms with Crippen LogP contribution in [-0.4, -0.2) is 34.3 Å². The Morgan fingerprint density at radius 3 is 2.83 bits per heavy atom. The Hall–Kier alpha value is -3.61. The zero-order chi connectivity index (χ0) is 21.5. The van der Waals surface area contributed by atoms with Gasteiger partial charge in [0.1, 0.15) is 16.9 Å². The van der Waals surface area contributed by atoms with Crippen molar-refractivity contribution in [3.05, 3.63) is 59.5 Å². The van der Waals surface area contributed by atoms with Crippen LogP contribution in [0.15, 0.2) is 47.0 Å². The van der Waals surface area contributed by atoms with Crippen molar-refractivity contribution in [3.63, 3.8) is 0 Å². The number of nitrogens with zero attached hydrogens (tertiary/aromatic N) is 2. The number of furan rings is 1. The van der Waals surface area contributed by atoms with Gasteiger partial charge in [-0.05, 0) is 44.5 Å². The van der Waals surface area contributed by atoms with Crippen molar-refractivity contribution in [1.82, 2.24) is 9.88 Å². The van der Waals surface area contributed by atoms with E-state index in [-0.39, 0.29) is 11.8 Å². The molecule has 1 aliphatic heterocycles. The minimum Gasteiger partial charge on any atom is -0.459 e. The average Bonchev–Trinajstić information content (AvgIpc) is 3.02. The van der Waals surface area contributed by atoms with Gasteiger partial charge in [-0.25, -0.2) is 4.98 Å². The summed E-state index contributed by atoms with van der Waals surface area (Å²) in [6, 6.07) is 9.70. The Morgan fingerprint density at radius 2 is 2.07 bits per heavy atom. The molecule has 154 valence electrons. The molecule has 0 fully saturated rings. The predicted octanol–water partition coefficient (Wildman–Crippen LogP) is 3.95. The number of carbonyl (C=O) groups excluding carboxylic acids is 2. The molecule has 7 nitrogen and oxygen atoms in total. The van der Waals surface area contributed by atoms with Gasteiger partial charge in [-0.3, -0.25) is 9.59 Å². The summed E-state index contributed by atoms with van der Waals surface area (Å²) in [4.78, 5) is 30.5. The second-order valence-corrected chi connectivity index (χ2v) is 8.04. The van der Waals surface area contributed by atoms with E-state index in [0.717, 1.165) is 33.5 Å². The fourth-order valence-electron chi connectivity index (χ4n) is 3.39. The number of anilines is 2. The average molecular weight is 404 g/mol. The maximum atomic E-state index is 12.6. The molecular formula is C23H24N4O3. The lowest BCUT2D eigenvalue weighted by atomic mass is 10.0. The number of carbonyl (C=O) groups is 2.